The highest BCUT2D eigenvalue weighted by molar-refractivity contribution is 5.76. The Balaban J connectivity index is 1.49. The van der Waals surface area contributed by atoms with Crippen LogP contribution in [0.1, 0.15) is 17.9 Å². The molecule has 1 aromatic heterocycles. The first-order valence-corrected chi connectivity index (χ1v) is 8.54. The van der Waals surface area contributed by atoms with Crippen LogP contribution in [0.15, 0.2) is 53.1 Å². The summed E-state index contributed by atoms with van der Waals surface area (Å²) in [5, 5.41) is 6.84. The number of nitrogens with zero attached hydrogens (tertiary/aromatic N) is 2. The van der Waals surface area contributed by atoms with Crippen molar-refractivity contribution >= 4 is 5.91 Å². The number of carbonyl (C=O) groups is 1. The number of aromatic nitrogens is 2. The number of aryl methyl sites for hydroxylation is 1. The van der Waals surface area contributed by atoms with Gasteiger partial charge in [-0.3, -0.25) is 4.79 Å². The summed E-state index contributed by atoms with van der Waals surface area (Å²) in [6, 6.07) is 15.0. The predicted octanol–water partition coefficient (Wildman–Crippen LogP) is 3.00. The van der Waals surface area contributed by atoms with Crippen molar-refractivity contribution in [3.63, 3.8) is 0 Å². The molecule has 3 aromatic rings. The van der Waals surface area contributed by atoms with Crippen LogP contribution in [-0.4, -0.2) is 30.3 Å². The Labute approximate surface area is 157 Å². The van der Waals surface area contributed by atoms with Gasteiger partial charge in [-0.05, 0) is 29.8 Å². The van der Waals surface area contributed by atoms with E-state index in [1.165, 1.54) is 0 Å². The standard InChI is InChI=1S/C20H21N3O4/c1-25-16-8-6-14(7-9-16)13-21-18(24)10-11-19-22-20(23-27-19)15-4-3-5-17(12-15)26-2/h3-9,12H,10-11,13H2,1-2H3,(H,21,24). The van der Waals surface area contributed by atoms with Gasteiger partial charge >= 0.3 is 0 Å². The number of ether oxygens (including phenoxy) is 2. The molecular weight excluding hydrogens is 346 g/mol. The fraction of sp³-hybridized carbons (Fsp3) is 0.250. The molecule has 27 heavy (non-hydrogen) atoms. The lowest BCUT2D eigenvalue weighted by Gasteiger charge is -2.05. The van der Waals surface area contributed by atoms with Crippen LogP contribution in [0.25, 0.3) is 11.4 Å². The largest absolute Gasteiger partial charge is 0.497 e. The SMILES string of the molecule is COc1ccc(CNC(=O)CCc2nc(-c3cccc(OC)c3)no2)cc1. The molecule has 0 radical (unpaired) electrons. The molecule has 0 saturated carbocycles. The summed E-state index contributed by atoms with van der Waals surface area (Å²) in [6.45, 7) is 0.460. The Bertz CT molecular complexity index is 890. The van der Waals surface area contributed by atoms with Crippen molar-refractivity contribution in [3.8, 4) is 22.9 Å². The minimum Gasteiger partial charge on any atom is -0.497 e. The van der Waals surface area contributed by atoms with Gasteiger partial charge in [0.1, 0.15) is 11.5 Å². The first-order chi connectivity index (χ1) is 13.2. The normalized spacial score (nSPS) is 10.4. The molecule has 3 rings (SSSR count). The fourth-order valence-electron chi connectivity index (χ4n) is 2.49. The average molecular weight is 367 g/mol. The summed E-state index contributed by atoms with van der Waals surface area (Å²) in [5.74, 6) is 2.33. The van der Waals surface area contributed by atoms with Gasteiger partial charge in [-0.1, -0.05) is 29.4 Å². The van der Waals surface area contributed by atoms with E-state index in [4.69, 9.17) is 14.0 Å². The zero-order chi connectivity index (χ0) is 19.1. The van der Waals surface area contributed by atoms with E-state index in [2.05, 4.69) is 15.5 Å². The second-order valence-corrected chi connectivity index (χ2v) is 5.87. The summed E-state index contributed by atoms with van der Waals surface area (Å²) >= 11 is 0. The van der Waals surface area contributed by atoms with Gasteiger partial charge in [0, 0.05) is 24.9 Å². The van der Waals surface area contributed by atoms with E-state index in [1.54, 1.807) is 14.2 Å². The van der Waals surface area contributed by atoms with E-state index in [0.717, 1.165) is 22.6 Å². The Morgan fingerprint density at radius 3 is 2.59 bits per heavy atom. The summed E-state index contributed by atoms with van der Waals surface area (Å²) < 4.78 is 15.5. The van der Waals surface area contributed by atoms with Crippen molar-refractivity contribution in [1.82, 2.24) is 15.5 Å². The molecule has 0 bridgehead atoms. The highest BCUT2D eigenvalue weighted by Gasteiger charge is 2.11. The molecule has 0 atom stereocenters. The van der Waals surface area contributed by atoms with E-state index in [-0.39, 0.29) is 12.3 Å². The summed E-state index contributed by atoms with van der Waals surface area (Å²) in [5.41, 5.74) is 1.80. The molecule has 140 valence electrons. The van der Waals surface area contributed by atoms with Crippen LogP contribution in [0.2, 0.25) is 0 Å². The maximum absolute atomic E-state index is 12.0. The Morgan fingerprint density at radius 2 is 1.85 bits per heavy atom. The summed E-state index contributed by atoms with van der Waals surface area (Å²) in [7, 11) is 3.22. The van der Waals surface area contributed by atoms with Crippen LogP contribution < -0.4 is 14.8 Å². The van der Waals surface area contributed by atoms with Gasteiger partial charge in [0.25, 0.3) is 0 Å². The fourth-order valence-corrected chi connectivity index (χ4v) is 2.49. The van der Waals surface area contributed by atoms with Gasteiger partial charge in [-0.15, -0.1) is 0 Å². The maximum Gasteiger partial charge on any atom is 0.227 e. The molecule has 0 fully saturated rings. The molecule has 0 unspecified atom stereocenters. The molecule has 7 heteroatoms. The number of hydrogen-bond donors (Lipinski definition) is 1. The van der Waals surface area contributed by atoms with Crippen molar-refractivity contribution < 1.29 is 18.8 Å². The average Bonchev–Trinajstić information content (AvgIpc) is 3.20. The third-order valence-electron chi connectivity index (χ3n) is 4.01. The van der Waals surface area contributed by atoms with Gasteiger partial charge in [-0.2, -0.15) is 4.98 Å². The number of methoxy groups -OCH3 is 2. The quantitative estimate of drug-likeness (QED) is 0.659. The zero-order valence-electron chi connectivity index (χ0n) is 15.3. The molecule has 1 heterocycles. The molecule has 0 aliphatic carbocycles. The first-order valence-electron chi connectivity index (χ1n) is 8.54. The Hall–Kier alpha value is -3.35. The van der Waals surface area contributed by atoms with Crippen LogP contribution in [0, 0.1) is 0 Å². The van der Waals surface area contributed by atoms with Crippen LogP contribution in [0.3, 0.4) is 0 Å². The molecule has 0 spiro atoms. The highest BCUT2D eigenvalue weighted by Crippen LogP contribution is 2.21. The summed E-state index contributed by atoms with van der Waals surface area (Å²) in [4.78, 5) is 16.4. The number of carbonyl (C=O) groups excluding carboxylic acids is 1. The Morgan fingerprint density at radius 1 is 1.07 bits per heavy atom. The lowest BCUT2D eigenvalue weighted by atomic mass is 10.2. The van der Waals surface area contributed by atoms with Gasteiger partial charge in [-0.25, -0.2) is 0 Å². The molecule has 2 aromatic carbocycles. The zero-order valence-corrected chi connectivity index (χ0v) is 15.3. The van der Waals surface area contributed by atoms with E-state index in [0.29, 0.717) is 24.7 Å². The van der Waals surface area contributed by atoms with E-state index in [9.17, 15) is 4.79 Å². The van der Waals surface area contributed by atoms with Gasteiger partial charge in [0.05, 0.1) is 14.2 Å². The van der Waals surface area contributed by atoms with Gasteiger partial charge in [0.2, 0.25) is 17.6 Å². The van der Waals surface area contributed by atoms with Crippen LogP contribution in [0.5, 0.6) is 11.5 Å². The van der Waals surface area contributed by atoms with Crippen molar-refractivity contribution in [2.75, 3.05) is 14.2 Å². The first kappa shape index (κ1) is 18.4. The van der Waals surface area contributed by atoms with Gasteiger partial charge < -0.3 is 19.3 Å². The molecule has 7 nitrogen and oxygen atoms in total. The van der Waals surface area contributed by atoms with Crippen LogP contribution in [0.4, 0.5) is 0 Å². The molecule has 1 N–H and O–H groups in total. The summed E-state index contributed by atoms with van der Waals surface area (Å²) in [6.07, 6.45) is 0.654. The third kappa shape index (κ3) is 5.07. The van der Waals surface area contributed by atoms with Crippen molar-refractivity contribution in [2.45, 2.75) is 19.4 Å². The monoisotopic (exact) mass is 367 g/mol. The van der Waals surface area contributed by atoms with Crippen LogP contribution in [-0.2, 0) is 17.8 Å². The topological polar surface area (TPSA) is 86.5 Å². The molecular formula is C20H21N3O4. The molecule has 0 saturated heterocycles. The van der Waals surface area contributed by atoms with Gasteiger partial charge in [0.15, 0.2) is 0 Å². The predicted molar refractivity (Wildman–Crippen MR) is 99.4 cm³/mol. The van der Waals surface area contributed by atoms with Crippen molar-refractivity contribution in [2.24, 2.45) is 0 Å². The smallest absolute Gasteiger partial charge is 0.227 e. The van der Waals surface area contributed by atoms with E-state index < -0.39 is 0 Å². The maximum atomic E-state index is 12.0. The minimum atomic E-state index is -0.0769. The second-order valence-electron chi connectivity index (χ2n) is 5.87. The minimum absolute atomic E-state index is 0.0769. The second kappa shape index (κ2) is 8.84. The molecule has 1 amide bonds. The lowest BCUT2D eigenvalue weighted by molar-refractivity contribution is -0.121. The van der Waals surface area contributed by atoms with Crippen LogP contribution >= 0.6 is 0 Å². The third-order valence-corrected chi connectivity index (χ3v) is 4.01. The van der Waals surface area contributed by atoms with Crippen molar-refractivity contribution in [1.29, 1.82) is 0 Å². The molecule has 0 aliphatic rings. The number of hydrogen-bond acceptors (Lipinski definition) is 6. The number of amides is 1. The highest BCUT2D eigenvalue weighted by atomic mass is 16.5. The van der Waals surface area contributed by atoms with E-state index in [1.807, 2.05) is 48.5 Å². The Kier molecular flexibility index (Phi) is 6.04. The van der Waals surface area contributed by atoms with Crippen molar-refractivity contribution in [3.05, 3.63) is 60.0 Å². The molecule has 0 aliphatic heterocycles. The number of nitrogens with one attached hydrogen (secondary N) is 1. The lowest BCUT2D eigenvalue weighted by Crippen LogP contribution is -2.23. The van der Waals surface area contributed by atoms with E-state index >= 15 is 0 Å². The number of rotatable bonds is 8. The number of benzene rings is 2.